The molecule has 158 valence electrons. The van der Waals surface area contributed by atoms with Crippen molar-refractivity contribution in [3.05, 3.63) is 46.6 Å². The first kappa shape index (κ1) is 19.3. The fraction of sp³-hybridized carbons (Fsp3) is 0.542. The Hall–Kier alpha value is -2.63. The number of ether oxygens (including phenoxy) is 1. The van der Waals surface area contributed by atoms with Gasteiger partial charge in [-0.05, 0) is 55.4 Å². The average Bonchev–Trinajstić information content (AvgIpc) is 3.64. The number of aromatic nitrogens is 2. The number of carbonyl (C=O) groups is 1. The summed E-state index contributed by atoms with van der Waals surface area (Å²) in [6, 6.07) is 8.58. The van der Waals surface area contributed by atoms with Crippen molar-refractivity contribution in [1.82, 2.24) is 9.97 Å². The lowest BCUT2D eigenvalue weighted by molar-refractivity contribution is 0.0600. The Kier molecular flexibility index (Phi) is 5.32. The molecule has 2 aromatic rings. The van der Waals surface area contributed by atoms with E-state index in [1.165, 1.54) is 68.9 Å². The van der Waals surface area contributed by atoms with Gasteiger partial charge in [-0.15, -0.1) is 0 Å². The third-order valence-electron chi connectivity index (χ3n) is 6.63. The molecule has 2 aliphatic carbocycles. The Morgan fingerprint density at radius 1 is 1.07 bits per heavy atom. The highest BCUT2D eigenvalue weighted by Crippen LogP contribution is 2.40. The van der Waals surface area contributed by atoms with E-state index in [-0.39, 0.29) is 5.97 Å². The smallest absolute Gasteiger partial charge is 0.337 e. The second kappa shape index (κ2) is 8.25. The molecule has 1 N–H and O–H groups in total. The molecule has 2 heterocycles. The average molecular weight is 407 g/mol. The molecule has 6 heteroatoms. The predicted molar refractivity (Wildman–Crippen MR) is 117 cm³/mol. The summed E-state index contributed by atoms with van der Waals surface area (Å²) in [4.78, 5) is 24.0. The van der Waals surface area contributed by atoms with E-state index in [4.69, 9.17) is 14.7 Å². The Bertz CT molecular complexity index is 935. The molecule has 0 amide bonds. The van der Waals surface area contributed by atoms with E-state index in [0.29, 0.717) is 17.5 Å². The van der Waals surface area contributed by atoms with E-state index >= 15 is 0 Å². The van der Waals surface area contributed by atoms with Crippen LogP contribution in [0.2, 0.25) is 0 Å². The summed E-state index contributed by atoms with van der Waals surface area (Å²) in [6.45, 7) is 1.70. The first-order valence-corrected chi connectivity index (χ1v) is 11.3. The lowest BCUT2D eigenvalue weighted by Crippen LogP contribution is -2.32. The molecule has 2 saturated carbocycles. The van der Waals surface area contributed by atoms with Gasteiger partial charge in [0.15, 0.2) is 0 Å². The maximum Gasteiger partial charge on any atom is 0.337 e. The number of anilines is 2. The van der Waals surface area contributed by atoms with Crippen molar-refractivity contribution >= 4 is 17.7 Å². The summed E-state index contributed by atoms with van der Waals surface area (Å²) in [6.07, 6.45) is 9.73. The van der Waals surface area contributed by atoms with Crippen LogP contribution in [-0.2, 0) is 17.7 Å². The molecule has 0 saturated heterocycles. The number of esters is 1. The maximum absolute atomic E-state index is 11.8. The van der Waals surface area contributed by atoms with Gasteiger partial charge in [0.05, 0.1) is 18.4 Å². The van der Waals surface area contributed by atoms with Crippen LogP contribution in [0.3, 0.4) is 0 Å². The number of fused-ring (bicyclic) bond motifs is 1. The van der Waals surface area contributed by atoms with E-state index < -0.39 is 0 Å². The number of methoxy groups -OCH3 is 1. The van der Waals surface area contributed by atoms with Crippen LogP contribution < -0.4 is 10.2 Å². The number of carbonyl (C=O) groups excluding carboxylic acids is 1. The lowest BCUT2D eigenvalue weighted by Gasteiger charge is -2.31. The van der Waals surface area contributed by atoms with Crippen LogP contribution in [-0.4, -0.2) is 35.6 Å². The van der Waals surface area contributed by atoms with Gasteiger partial charge in [-0.2, -0.15) is 4.98 Å². The van der Waals surface area contributed by atoms with Crippen LogP contribution in [0.5, 0.6) is 0 Å². The second-order valence-corrected chi connectivity index (χ2v) is 8.87. The normalized spacial score (nSPS) is 19.3. The first-order chi connectivity index (χ1) is 14.7. The standard InChI is InChI=1S/C24H30N4O2/c1-30-23(29)18-9-10-19-15-28(12-11-17(19)13-18)22-14-21(16-7-8-16)26-24(27-22)25-20-5-3-2-4-6-20/h9-10,13-14,16,20H,2-8,11-12,15H2,1H3,(H,25,26,27). The predicted octanol–water partition coefficient (Wildman–Crippen LogP) is 4.45. The van der Waals surface area contributed by atoms with Crippen molar-refractivity contribution in [3.8, 4) is 0 Å². The van der Waals surface area contributed by atoms with Crippen molar-refractivity contribution < 1.29 is 9.53 Å². The van der Waals surface area contributed by atoms with Crippen LogP contribution in [0, 0.1) is 0 Å². The fourth-order valence-corrected chi connectivity index (χ4v) is 4.69. The second-order valence-electron chi connectivity index (χ2n) is 8.87. The minimum Gasteiger partial charge on any atom is -0.465 e. The molecular weight excluding hydrogens is 376 g/mol. The molecule has 5 rings (SSSR count). The number of hydrogen-bond acceptors (Lipinski definition) is 6. The maximum atomic E-state index is 11.8. The van der Waals surface area contributed by atoms with Gasteiger partial charge in [0.2, 0.25) is 5.95 Å². The van der Waals surface area contributed by atoms with Gasteiger partial charge in [-0.25, -0.2) is 9.78 Å². The van der Waals surface area contributed by atoms with Gasteiger partial charge in [0, 0.05) is 31.1 Å². The summed E-state index contributed by atoms with van der Waals surface area (Å²) in [5, 5.41) is 3.63. The lowest BCUT2D eigenvalue weighted by atomic mass is 9.96. The fourth-order valence-electron chi connectivity index (χ4n) is 4.69. The number of nitrogens with one attached hydrogen (secondary N) is 1. The molecule has 1 aliphatic heterocycles. The first-order valence-electron chi connectivity index (χ1n) is 11.3. The van der Waals surface area contributed by atoms with Crippen molar-refractivity contribution in [2.75, 3.05) is 23.9 Å². The number of benzene rings is 1. The van der Waals surface area contributed by atoms with Crippen molar-refractivity contribution in [1.29, 1.82) is 0 Å². The largest absolute Gasteiger partial charge is 0.465 e. The van der Waals surface area contributed by atoms with Crippen LogP contribution >= 0.6 is 0 Å². The third-order valence-corrected chi connectivity index (χ3v) is 6.63. The SMILES string of the molecule is COC(=O)c1ccc2c(c1)CCN(c1cc(C3CC3)nc(NC3CCCCC3)n1)C2. The molecule has 0 spiro atoms. The molecule has 2 fully saturated rings. The number of hydrogen-bond donors (Lipinski definition) is 1. The highest BCUT2D eigenvalue weighted by atomic mass is 16.5. The van der Waals surface area contributed by atoms with Gasteiger partial charge >= 0.3 is 5.97 Å². The Morgan fingerprint density at radius 3 is 2.67 bits per heavy atom. The van der Waals surface area contributed by atoms with E-state index in [1.807, 2.05) is 12.1 Å². The van der Waals surface area contributed by atoms with Gasteiger partial charge in [0.1, 0.15) is 5.82 Å². The minimum atomic E-state index is -0.275. The zero-order chi connectivity index (χ0) is 20.5. The third kappa shape index (κ3) is 4.13. The zero-order valence-electron chi connectivity index (χ0n) is 17.7. The summed E-state index contributed by atoms with van der Waals surface area (Å²) >= 11 is 0. The van der Waals surface area contributed by atoms with Gasteiger partial charge in [-0.3, -0.25) is 0 Å². The van der Waals surface area contributed by atoms with Crippen LogP contribution in [0.15, 0.2) is 24.3 Å². The quantitative estimate of drug-likeness (QED) is 0.740. The molecule has 1 aromatic carbocycles. The molecule has 0 unspecified atom stereocenters. The molecular formula is C24H30N4O2. The van der Waals surface area contributed by atoms with Gasteiger partial charge in [0.25, 0.3) is 0 Å². The topological polar surface area (TPSA) is 67.3 Å². The molecule has 0 bridgehead atoms. The van der Waals surface area contributed by atoms with Crippen LogP contribution in [0.1, 0.15) is 78.0 Å². The Morgan fingerprint density at radius 2 is 1.90 bits per heavy atom. The van der Waals surface area contributed by atoms with E-state index in [2.05, 4.69) is 22.3 Å². The molecule has 0 atom stereocenters. The monoisotopic (exact) mass is 406 g/mol. The van der Waals surface area contributed by atoms with Gasteiger partial charge < -0.3 is 15.0 Å². The Labute approximate surface area is 178 Å². The molecule has 0 radical (unpaired) electrons. The summed E-state index contributed by atoms with van der Waals surface area (Å²) in [5.74, 6) is 2.14. The summed E-state index contributed by atoms with van der Waals surface area (Å²) in [7, 11) is 1.43. The van der Waals surface area contributed by atoms with Crippen molar-refractivity contribution in [2.45, 2.75) is 69.9 Å². The minimum absolute atomic E-state index is 0.275. The highest BCUT2D eigenvalue weighted by molar-refractivity contribution is 5.89. The van der Waals surface area contributed by atoms with E-state index in [1.54, 1.807) is 0 Å². The molecule has 30 heavy (non-hydrogen) atoms. The zero-order valence-corrected chi connectivity index (χ0v) is 17.7. The van der Waals surface area contributed by atoms with Crippen LogP contribution in [0.25, 0.3) is 0 Å². The van der Waals surface area contributed by atoms with Crippen LogP contribution in [0.4, 0.5) is 11.8 Å². The molecule has 3 aliphatic rings. The number of nitrogens with zero attached hydrogens (tertiary/aromatic N) is 3. The summed E-state index contributed by atoms with van der Waals surface area (Å²) < 4.78 is 4.86. The number of rotatable bonds is 5. The summed E-state index contributed by atoms with van der Waals surface area (Å²) in [5.41, 5.74) is 4.29. The highest BCUT2D eigenvalue weighted by Gasteiger charge is 2.28. The van der Waals surface area contributed by atoms with Crippen molar-refractivity contribution in [3.63, 3.8) is 0 Å². The van der Waals surface area contributed by atoms with E-state index in [9.17, 15) is 4.79 Å². The van der Waals surface area contributed by atoms with Gasteiger partial charge in [-0.1, -0.05) is 25.3 Å². The van der Waals surface area contributed by atoms with E-state index in [0.717, 1.165) is 31.3 Å². The molecule has 6 nitrogen and oxygen atoms in total. The molecule has 1 aromatic heterocycles. The Balaban J connectivity index is 1.37. The van der Waals surface area contributed by atoms with Crippen molar-refractivity contribution in [2.24, 2.45) is 0 Å².